The van der Waals surface area contributed by atoms with Crippen molar-refractivity contribution >= 4 is 38.5 Å². The first kappa shape index (κ1) is 13.8. The van der Waals surface area contributed by atoms with Gasteiger partial charge in [0.2, 0.25) is 0 Å². The molecule has 0 amide bonds. The second-order valence-corrected chi connectivity index (χ2v) is 7.33. The minimum Gasteiger partial charge on any atom is -0.402 e. The zero-order valence-electron chi connectivity index (χ0n) is 9.22. The maximum absolute atomic E-state index is 5.98. The molecule has 0 aromatic rings. The van der Waals surface area contributed by atoms with E-state index in [4.69, 9.17) is 5.73 Å². The van der Waals surface area contributed by atoms with E-state index in [2.05, 4.69) is 44.6 Å². The number of allylic oxidation sites excluding steroid dienone is 2. The Kier molecular flexibility index (Phi) is 7.30. The molecule has 0 spiro atoms. The number of hydrogen-bond donors (Lipinski definition) is 1. The summed E-state index contributed by atoms with van der Waals surface area (Å²) in [6.07, 6.45) is 12.6. The predicted octanol–water partition coefficient (Wildman–Crippen LogP) is 4.53. The van der Waals surface area contributed by atoms with Gasteiger partial charge < -0.3 is 5.73 Å². The zero-order valence-corrected chi connectivity index (χ0v) is 13.0. The topological polar surface area (TPSA) is 26.0 Å². The van der Waals surface area contributed by atoms with E-state index >= 15 is 0 Å². The lowest BCUT2D eigenvalue weighted by Gasteiger charge is -2.14. The Morgan fingerprint density at radius 3 is 2.67 bits per heavy atom. The first-order chi connectivity index (χ1) is 7.18. The second kappa shape index (κ2) is 7.93. The number of hydrogen-bond acceptors (Lipinski definition) is 1. The molecule has 0 aliphatic heterocycles. The van der Waals surface area contributed by atoms with Crippen molar-refractivity contribution in [2.45, 2.75) is 60.1 Å². The van der Waals surface area contributed by atoms with Crippen LogP contribution in [0.3, 0.4) is 0 Å². The van der Waals surface area contributed by atoms with E-state index in [1.165, 1.54) is 44.9 Å². The zero-order chi connectivity index (χ0) is 11.1. The van der Waals surface area contributed by atoms with E-state index in [-0.39, 0.29) is 0 Å². The molecule has 3 heteroatoms. The van der Waals surface area contributed by atoms with Gasteiger partial charge in [-0.1, -0.05) is 70.3 Å². The van der Waals surface area contributed by atoms with Crippen LogP contribution in [0.1, 0.15) is 51.4 Å². The van der Waals surface area contributed by atoms with Crippen LogP contribution in [-0.2, 0) is 0 Å². The fourth-order valence-corrected chi connectivity index (χ4v) is 4.45. The number of alkyl halides is 2. The van der Waals surface area contributed by atoms with Crippen molar-refractivity contribution in [1.82, 2.24) is 0 Å². The van der Waals surface area contributed by atoms with Crippen molar-refractivity contribution < 1.29 is 0 Å². The lowest BCUT2D eigenvalue weighted by molar-refractivity contribution is 0.577. The van der Waals surface area contributed by atoms with Crippen molar-refractivity contribution in [3.05, 3.63) is 11.8 Å². The summed E-state index contributed by atoms with van der Waals surface area (Å²) in [6.45, 7) is 0. The highest BCUT2D eigenvalue weighted by molar-refractivity contribution is 14.1. The lowest BCUT2D eigenvalue weighted by Crippen LogP contribution is -2.09. The van der Waals surface area contributed by atoms with Gasteiger partial charge in [0.05, 0.1) is 0 Å². The highest BCUT2D eigenvalue weighted by Gasteiger charge is 2.10. The van der Waals surface area contributed by atoms with Crippen LogP contribution in [0.2, 0.25) is 0 Å². The van der Waals surface area contributed by atoms with Gasteiger partial charge in [-0.05, 0) is 25.7 Å². The Morgan fingerprint density at radius 2 is 1.87 bits per heavy atom. The molecule has 88 valence electrons. The summed E-state index contributed by atoms with van der Waals surface area (Å²) in [6, 6.07) is 0. The van der Waals surface area contributed by atoms with Gasteiger partial charge in [0.15, 0.2) is 0 Å². The Balaban J connectivity index is 2.46. The molecule has 0 aromatic heterocycles. The molecule has 1 aliphatic carbocycles. The molecular weight excluding hydrogens is 365 g/mol. The van der Waals surface area contributed by atoms with Crippen LogP contribution in [-0.4, -0.2) is 8.75 Å². The van der Waals surface area contributed by atoms with Crippen LogP contribution < -0.4 is 5.73 Å². The van der Waals surface area contributed by atoms with Gasteiger partial charge in [0, 0.05) is 14.4 Å². The van der Waals surface area contributed by atoms with E-state index < -0.39 is 0 Å². The molecular formula is C12H21BrIN. The first-order valence-electron chi connectivity index (χ1n) is 5.93. The largest absolute Gasteiger partial charge is 0.402 e. The third kappa shape index (κ3) is 6.82. The summed E-state index contributed by atoms with van der Waals surface area (Å²) in [5, 5.41) is 0. The lowest BCUT2D eigenvalue weighted by atomic mass is 10.0. The Bertz CT molecular complexity index is 206. The van der Waals surface area contributed by atoms with Crippen LogP contribution in [0.5, 0.6) is 0 Å². The number of rotatable bonds is 0. The first-order valence-corrected chi connectivity index (χ1v) is 8.09. The fraction of sp³-hybridized carbons (Fsp3) is 0.833. The molecule has 1 nitrogen and oxygen atoms in total. The van der Waals surface area contributed by atoms with E-state index in [9.17, 15) is 0 Å². The molecule has 0 radical (unpaired) electrons. The van der Waals surface area contributed by atoms with E-state index in [0.29, 0.717) is 4.83 Å². The predicted molar refractivity (Wildman–Crippen MR) is 79.7 cm³/mol. The number of nitrogens with two attached hydrogens (primary N) is 1. The molecule has 1 aliphatic rings. The second-order valence-electron chi connectivity index (χ2n) is 4.40. The highest BCUT2D eigenvalue weighted by atomic mass is 127. The van der Waals surface area contributed by atoms with Crippen molar-refractivity contribution in [3.63, 3.8) is 0 Å². The van der Waals surface area contributed by atoms with E-state index in [1.54, 1.807) is 0 Å². The van der Waals surface area contributed by atoms with Gasteiger partial charge >= 0.3 is 0 Å². The summed E-state index contributed by atoms with van der Waals surface area (Å²) in [5.41, 5.74) is 7.05. The standard InChI is InChI=1S/C12H21BrIN/c13-10-8-11(14)6-4-2-1-3-5-7-12(15)9-10/h9-11H,1-8,15H2/b12-9+. The third-order valence-corrected chi connectivity index (χ3v) is 4.63. The molecule has 15 heavy (non-hydrogen) atoms. The van der Waals surface area contributed by atoms with Gasteiger partial charge in [-0.3, -0.25) is 0 Å². The quantitative estimate of drug-likeness (QED) is 0.481. The Hall–Kier alpha value is 0.750. The van der Waals surface area contributed by atoms with Crippen LogP contribution >= 0.6 is 38.5 Å². The summed E-state index contributed by atoms with van der Waals surface area (Å²) >= 11 is 6.27. The summed E-state index contributed by atoms with van der Waals surface area (Å²) < 4.78 is 0.787. The summed E-state index contributed by atoms with van der Waals surface area (Å²) in [7, 11) is 0. The van der Waals surface area contributed by atoms with E-state index in [1.807, 2.05) is 0 Å². The van der Waals surface area contributed by atoms with Crippen molar-refractivity contribution in [2.24, 2.45) is 5.73 Å². The van der Waals surface area contributed by atoms with Gasteiger partial charge in [0.25, 0.3) is 0 Å². The highest BCUT2D eigenvalue weighted by Crippen LogP contribution is 2.23. The average Bonchev–Trinajstić information content (AvgIpc) is 2.14. The molecule has 2 unspecified atom stereocenters. The Morgan fingerprint density at radius 1 is 1.20 bits per heavy atom. The monoisotopic (exact) mass is 385 g/mol. The summed E-state index contributed by atoms with van der Waals surface area (Å²) in [5.74, 6) is 0. The third-order valence-electron chi connectivity index (χ3n) is 2.86. The van der Waals surface area contributed by atoms with Gasteiger partial charge in [-0.25, -0.2) is 0 Å². The van der Waals surface area contributed by atoms with Crippen molar-refractivity contribution in [3.8, 4) is 0 Å². The van der Waals surface area contributed by atoms with Crippen LogP contribution in [0, 0.1) is 0 Å². The maximum atomic E-state index is 5.98. The van der Waals surface area contributed by atoms with Gasteiger partial charge in [0.1, 0.15) is 0 Å². The van der Waals surface area contributed by atoms with Gasteiger partial charge in [-0.2, -0.15) is 0 Å². The minimum atomic E-state index is 0.471. The van der Waals surface area contributed by atoms with Gasteiger partial charge in [-0.15, -0.1) is 0 Å². The normalized spacial score (nSPS) is 34.7. The smallest absolute Gasteiger partial charge is 0.0354 e. The molecule has 2 N–H and O–H groups in total. The molecule has 1 rings (SSSR count). The van der Waals surface area contributed by atoms with Crippen molar-refractivity contribution in [2.75, 3.05) is 0 Å². The molecule has 0 aromatic carbocycles. The van der Waals surface area contributed by atoms with Crippen LogP contribution in [0.4, 0.5) is 0 Å². The minimum absolute atomic E-state index is 0.471. The average molecular weight is 386 g/mol. The molecule has 0 heterocycles. The molecule has 0 saturated heterocycles. The number of halogens is 2. The SMILES string of the molecule is N/C1=C/C(Br)CC(I)CCCCCCC1. The van der Waals surface area contributed by atoms with Crippen molar-refractivity contribution in [1.29, 1.82) is 0 Å². The molecule has 0 saturated carbocycles. The molecule has 0 bridgehead atoms. The van der Waals surface area contributed by atoms with E-state index in [0.717, 1.165) is 16.0 Å². The fourth-order valence-electron chi connectivity index (χ4n) is 1.97. The molecule has 2 atom stereocenters. The Labute approximate surface area is 116 Å². The van der Waals surface area contributed by atoms with Crippen LogP contribution in [0.25, 0.3) is 0 Å². The van der Waals surface area contributed by atoms with Crippen LogP contribution in [0.15, 0.2) is 11.8 Å². The maximum Gasteiger partial charge on any atom is 0.0354 e. The molecule has 0 fully saturated rings. The summed E-state index contributed by atoms with van der Waals surface area (Å²) in [4.78, 5) is 0.471.